The van der Waals surface area contributed by atoms with Gasteiger partial charge < -0.3 is 25.9 Å². The molecule has 0 radical (unpaired) electrons. The molecule has 5 N–H and O–H groups in total. The van der Waals surface area contributed by atoms with E-state index < -0.39 is 0 Å². The van der Waals surface area contributed by atoms with Crippen LogP contribution in [0.25, 0.3) is 33.1 Å². The molecule has 0 atom stereocenters. The Labute approximate surface area is 179 Å². The van der Waals surface area contributed by atoms with Gasteiger partial charge in [0.25, 0.3) is 5.56 Å². The number of para-hydroxylation sites is 1. The fourth-order valence-corrected chi connectivity index (χ4v) is 4.48. The van der Waals surface area contributed by atoms with Crippen LogP contribution in [0, 0.1) is 0 Å². The SMILES string of the molecule is NC(=O)N(Cc1ccc2[nH]c(-c3cc4ccccc4[nH]c3=O)cc2c1)C1CCNCC1. The highest BCUT2D eigenvalue weighted by Crippen LogP contribution is 2.26. The van der Waals surface area contributed by atoms with Crippen molar-refractivity contribution in [2.45, 2.75) is 25.4 Å². The molecule has 0 saturated carbocycles. The van der Waals surface area contributed by atoms with Gasteiger partial charge in [-0.1, -0.05) is 24.3 Å². The Hall–Kier alpha value is -3.58. The molecule has 2 aromatic heterocycles. The minimum Gasteiger partial charge on any atom is -0.354 e. The summed E-state index contributed by atoms with van der Waals surface area (Å²) in [4.78, 5) is 32.8. The highest BCUT2D eigenvalue weighted by atomic mass is 16.2. The molecule has 2 amide bonds. The first-order valence-electron chi connectivity index (χ1n) is 10.6. The largest absolute Gasteiger partial charge is 0.354 e. The van der Waals surface area contributed by atoms with E-state index >= 15 is 0 Å². The van der Waals surface area contributed by atoms with Gasteiger partial charge in [0.1, 0.15) is 0 Å². The number of rotatable bonds is 4. The molecule has 7 heteroatoms. The lowest BCUT2D eigenvalue weighted by Gasteiger charge is -2.33. The monoisotopic (exact) mass is 415 g/mol. The zero-order chi connectivity index (χ0) is 21.4. The zero-order valence-electron chi connectivity index (χ0n) is 17.2. The molecule has 0 spiro atoms. The normalized spacial score (nSPS) is 14.8. The van der Waals surface area contributed by atoms with Gasteiger partial charge in [-0.25, -0.2) is 4.79 Å². The molecule has 0 unspecified atom stereocenters. The number of primary amides is 1. The lowest BCUT2D eigenvalue weighted by atomic mass is 10.0. The summed E-state index contributed by atoms with van der Waals surface area (Å²) in [6, 6.07) is 17.5. The van der Waals surface area contributed by atoms with Crippen LogP contribution in [0.5, 0.6) is 0 Å². The third-order valence-electron chi connectivity index (χ3n) is 6.11. The topological polar surface area (TPSA) is 107 Å². The number of nitrogens with one attached hydrogen (secondary N) is 3. The molecule has 3 heterocycles. The van der Waals surface area contributed by atoms with Gasteiger partial charge in [-0.05, 0) is 67.2 Å². The molecule has 7 nitrogen and oxygen atoms in total. The standard InChI is InChI=1S/C24H25N5O2/c25-24(31)29(18-7-9-26-10-8-18)14-15-5-6-21-17(11-15)13-22(27-21)19-12-16-3-1-2-4-20(16)28-23(19)30/h1-6,11-13,18,26-27H,7-10,14H2,(H2,25,31)(H,28,30). The molecule has 5 rings (SSSR count). The molecule has 0 bridgehead atoms. The highest BCUT2D eigenvalue weighted by Gasteiger charge is 2.24. The minimum atomic E-state index is -0.385. The van der Waals surface area contributed by atoms with E-state index in [0.29, 0.717) is 12.1 Å². The first-order valence-corrected chi connectivity index (χ1v) is 10.6. The quantitative estimate of drug-likeness (QED) is 0.411. The second kappa shape index (κ2) is 7.92. The number of hydrogen-bond acceptors (Lipinski definition) is 3. The predicted octanol–water partition coefficient (Wildman–Crippen LogP) is 3.31. The number of piperidine rings is 1. The number of amides is 2. The average Bonchev–Trinajstić information content (AvgIpc) is 3.20. The first-order chi connectivity index (χ1) is 15.1. The number of aromatic nitrogens is 2. The molecule has 1 aliphatic heterocycles. The molecule has 4 aromatic rings. The van der Waals surface area contributed by atoms with Crippen molar-refractivity contribution in [3.63, 3.8) is 0 Å². The Balaban J connectivity index is 1.47. The fourth-order valence-electron chi connectivity index (χ4n) is 4.48. The summed E-state index contributed by atoms with van der Waals surface area (Å²) in [5.74, 6) is 0. The van der Waals surface area contributed by atoms with Crippen LogP contribution < -0.4 is 16.6 Å². The fraction of sp³-hybridized carbons (Fsp3) is 0.250. The van der Waals surface area contributed by atoms with Crippen molar-refractivity contribution >= 4 is 27.8 Å². The van der Waals surface area contributed by atoms with Crippen LogP contribution in [-0.4, -0.2) is 40.0 Å². The Morgan fingerprint density at radius 1 is 0.968 bits per heavy atom. The predicted molar refractivity (Wildman–Crippen MR) is 123 cm³/mol. The van der Waals surface area contributed by atoms with Crippen molar-refractivity contribution < 1.29 is 4.79 Å². The molecule has 1 fully saturated rings. The number of aromatic amines is 2. The van der Waals surface area contributed by atoms with E-state index in [1.165, 1.54) is 0 Å². The van der Waals surface area contributed by atoms with E-state index in [1.54, 1.807) is 4.90 Å². The number of H-pyrrole nitrogens is 2. The number of carbonyl (C=O) groups excluding carboxylic acids is 1. The van der Waals surface area contributed by atoms with E-state index in [1.807, 2.05) is 48.5 Å². The molecule has 1 aliphatic rings. The molecular formula is C24H25N5O2. The van der Waals surface area contributed by atoms with Gasteiger partial charge in [-0.15, -0.1) is 0 Å². The number of nitrogens with zero attached hydrogens (tertiary/aromatic N) is 1. The Bertz CT molecular complexity index is 1320. The first kappa shape index (κ1) is 19.4. The number of pyridine rings is 1. The Kier molecular flexibility index (Phi) is 4.95. The number of urea groups is 1. The van der Waals surface area contributed by atoms with Crippen LogP contribution in [0.4, 0.5) is 4.79 Å². The van der Waals surface area contributed by atoms with Crippen LogP contribution >= 0.6 is 0 Å². The van der Waals surface area contributed by atoms with Crippen molar-refractivity contribution in [3.05, 3.63) is 70.5 Å². The Morgan fingerprint density at radius 2 is 1.74 bits per heavy atom. The Morgan fingerprint density at radius 3 is 2.55 bits per heavy atom. The maximum atomic E-state index is 12.6. The van der Waals surface area contributed by atoms with Crippen molar-refractivity contribution in [2.75, 3.05) is 13.1 Å². The number of fused-ring (bicyclic) bond motifs is 2. The second-order valence-electron chi connectivity index (χ2n) is 8.15. The number of carbonyl (C=O) groups is 1. The summed E-state index contributed by atoms with van der Waals surface area (Å²) in [6.45, 7) is 2.27. The summed E-state index contributed by atoms with van der Waals surface area (Å²) in [5.41, 5.74) is 9.71. The molecule has 0 aliphatic carbocycles. The van der Waals surface area contributed by atoms with Gasteiger partial charge in [0.2, 0.25) is 0 Å². The van der Waals surface area contributed by atoms with Gasteiger partial charge in [0.15, 0.2) is 0 Å². The zero-order valence-corrected chi connectivity index (χ0v) is 17.2. The average molecular weight is 415 g/mol. The van der Waals surface area contributed by atoms with E-state index in [9.17, 15) is 9.59 Å². The molecule has 31 heavy (non-hydrogen) atoms. The minimum absolute atomic E-state index is 0.128. The third kappa shape index (κ3) is 3.80. The summed E-state index contributed by atoms with van der Waals surface area (Å²) in [7, 11) is 0. The van der Waals surface area contributed by atoms with E-state index in [-0.39, 0.29) is 17.6 Å². The molecule has 1 saturated heterocycles. The summed E-state index contributed by atoms with van der Waals surface area (Å²) < 4.78 is 0. The van der Waals surface area contributed by atoms with Gasteiger partial charge in [-0.2, -0.15) is 0 Å². The number of nitrogens with two attached hydrogens (primary N) is 1. The van der Waals surface area contributed by atoms with E-state index in [4.69, 9.17) is 5.73 Å². The third-order valence-corrected chi connectivity index (χ3v) is 6.11. The van der Waals surface area contributed by atoms with E-state index in [2.05, 4.69) is 21.4 Å². The maximum absolute atomic E-state index is 12.6. The number of benzene rings is 2. The summed E-state index contributed by atoms with van der Waals surface area (Å²) in [6.07, 6.45) is 1.81. The van der Waals surface area contributed by atoms with Gasteiger partial charge in [0.05, 0.1) is 11.3 Å². The highest BCUT2D eigenvalue weighted by molar-refractivity contribution is 5.89. The van der Waals surface area contributed by atoms with Crippen molar-refractivity contribution in [1.82, 2.24) is 20.2 Å². The molecule has 158 valence electrons. The van der Waals surface area contributed by atoms with Crippen molar-refractivity contribution in [1.29, 1.82) is 0 Å². The van der Waals surface area contributed by atoms with Crippen LogP contribution in [-0.2, 0) is 6.54 Å². The lowest BCUT2D eigenvalue weighted by molar-refractivity contribution is 0.163. The second-order valence-corrected chi connectivity index (χ2v) is 8.15. The molecule has 2 aromatic carbocycles. The van der Waals surface area contributed by atoms with E-state index in [0.717, 1.165) is 59.0 Å². The van der Waals surface area contributed by atoms with Crippen LogP contribution in [0.15, 0.2) is 59.4 Å². The molecular weight excluding hydrogens is 390 g/mol. The van der Waals surface area contributed by atoms with Gasteiger partial charge in [-0.3, -0.25) is 4.79 Å². The van der Waals surface area contributed by atoms with Crippen molar-refractivity contribution in [2.24, 2.45) is 5.73 Å². The van der Waals surface area contributed by atoms with Crippen molar-refractivity contribution in [3.8, 4) is 11.3 Å². The van der Waals surface area contributed by atoms with Crippen LogP contribution in [0.2, 0.25) is 0 Å². The lowest BCUT2D eigenvalue weighted by Crippen LogP contribution is -2.47. The van der Waals surface area contributed by atoms with Gasteiger partial charge in [0, 0.05) is 29.0 Å². The maximum Gasteiger partial charge on any atom is 0.315 e. The van der Waals surface area contributed by atoms with Gasteiger partial charge >= 0.3 is 6.03 Å². The van der Waals surface area contributed by atoms with Crippen LogP contribution in [0.1, 0.15) is 18.4 Å². The van der Waals surface area contributed by atoms with Crippen LogP contribution in [0.3, 0.4) is 0 Å². The summed E-state index contributed by atoms with van der Waals surface area (Å²) in [5, 5.41) is 5.30. The summed E-state index contributed by atoms with van der Waals surface area (Å²) >= 11 is 0. The number of hydrogen-bond donors (Lipinski definition) is 4. The smallest absolute Gasteiger partial charge is 0.315 e.